The van der Waals surface area contributed by atoms with E-state index < -0.39 is 13.5 Å². The van der Waals surface area contributed by atoms with Gasteiger partial charge in [0, 0.05) is 42.2 Å². The first-order valence-electron chi connectivity index (χ1n) is 10.6. The van der Waals surface area contributed by atoms with Gasteiger partial charge in [0.05, 0.1) is 13.5 Å². The Balaban J connectivity index is 0.000000293. The van der Waals surface area contributed by atoms with Crippen molar-refractivity contribution in [2.24, 2.45) is 0 Å². The van der Waals surface area contributed by atoms with E-state index in [1.54, 1.807) is 24.1 Å². The third kappa shape index (κ3) is 4.86. The number of hydrogen-bond acceptors (Lipinski definition) is 3. The highest BCUT2D eigenvalue weighted by Gasteiger charge is 2.51. The Labute approximate surface area is 190 Å². The summed E-state index contributed by atoms with van der Waals surface area (Å²) < 4.78 is 5.18. The third-order valence-corrected chi connectivity index (χ3v) is 9.22. The van der Waals surface area contributed by atoms with Crippen molar-refractivity contribution in [3.05, 3.63) is 59.1 Å². The first-order valence-corrected chi connectivity index (χ1v) is 14.5. The van der Waals surface area contributed by atoms with Gasteiger partial charge in [0.2, 0.25) is 11.8 Å². The highest BCUT2D eigenvalue weighted by molar-refractivity contribution is 6.77. The van der Waals surface area contributed by atoms with Crippen LogP contribution in [0.5, 0.6) is 0 Å². The summed E-state index contributed by atoms with van der Waals surface area (Å²) in [5, 5.41) is 3.53. The summed E-state index contributed by atoms with van der Waals surface area (Å²) in [5.74, 6) is -0.00620. The van der Waals surface area contributed by atoms with Gasteiger partial charge in [-0.3, -0.25) is 9.59 Å². The van der Waals surface area contributed by atoms with Crippen molar-refractivity contribution in [3.63, 3.8) is 0 Å². The minimum atomic E-state index is -0.983. The second-order valence-corrected chi connectivity index (χ2v) is 15.3. The SMILES string of the molecule is COC(C)[Si](C)(C)C.O=C1CCC2(CN1c1cccc(Cl)c1)C(=O)Nc1ccccc12. The molecule has 2 heterocycles. The summed E-state index contributed by atoms with van der Waals surface area (Å²) >= 11 is 6.06. The van der Waals surface area contributed by atoms with Crippen LogP contribution in [0.4, 0.5) is 11.4 Å². The fraction of sp³-hybridized carbons (Fsp3) is 0.417. The van der Waals surface area contributed by atoms with Crippen LogP contribution in [0.1, 0.15) is 25.3 Å². The zero-order valence-corrected chi connectivity index (χ0v) is 20.6. The molecule has 0 radical (unpaired) electrons. The number of anilines is 2. The average Bonchev–Trinajstić information content (AvgIpc) is 3.00. The van der Waals surface area contributed by atoms with E-state index in [0.717, 1.165) is 16.9 Å². The van der Waals surface area contributed by atoms with Crippen LogP contribution in [0.2, 0.25) is 24.7 Å². The van der Waals surface area contributed by atoms with Crippen LogP contribution >= 0.6 is 11.6 Å². The molecule has 2 aromatic rings. The maximum atomic E-state index is 12.7. The van der Waals surface area contributed by atoms with E-state index in [1.165, 1.54) is 0 Å². The number of hydrogen-bond donors (Lipinski definition) is 1. The fourth-order valence-corrected chi connectivity index (χ4v) is 4.80. The van der Waals surface area contributed by atoms with Gasteiger partial charge in [-0.15, -0.1) is 0 Å². The van der Waals surface area contributed by atoms with Gasteiger partial charge in [0.25, 0.3) is 0 Å². The molecular weight excluding hydrogens is 428 g/mol. The maximum Gasteiger partial charge on any atom is 0.236 e. The van der Waals surface area contributed by atoms with Gasteiger partial charge in [0.1, 0.15) is 0 Å². The van der Waals surface area contributed by atoms with Crippen LogP contribution in [0.25, 0.3) is 0 Å². The van der Waals surface area contributed by atoms with Crippen LogP contribution in [0.15, 0.2) is 48.5 Å². The molecule has 7 heteroatoms. The number of nitrogens with zero attached hydrogens (tertiary/aromatic N) is 1. The van der Waals surface area contributed by atoms with Crippen molar-refractivity contribution in [1.29, 1.82) is 0 Å². The first kappa shape index (κ1) is 23.5. The van der Waals surface area contributed by atoms with Crippen molar-refractivity contribution in [1.82, 2.24) is 0 Å². The number of rotatable bonds is 3. The Morgan fingerprint density at radius 3 is 2.45 bits per heavy atom. The van der Waals surface area contributed by atoms with E-state index >= 15 is 0 Å². The van der Waals surface area contributed by atoms with E-state index in [0.29, 0.717) is 30.1 Å². The molecule has 0 bridgehead atoms. The molecule has 2 amide bonds. The summed E-state index contributed by atoms with van der Waals surface area (Å²) in [5.41, 5.74) is 2.37. The third-order valence-electron chi connectivity index (χ3n) is 6.31. The predicted molar refractivity (Wildman–Crippen MR) is 130 cm³/mol. The fourth-order valence-electron chi connectivity index (χ4n) is 3.90. The molecule has 31 heavy (non-hydrogen) atoms. The molecule has 0 saturated carbocycles. The number of amides is 2. The number of piperidine rings is 1. The van der Waals surface area contributed by atoms with Crippen LogP contribution in [0, 0.1) is 0 Å². The predicted octanol–water partition coefficient (Wildman–Crippen LogP) is 5.26. The molecule has 4 rings (SSSR count). The molecule has 5 nitrogen and oxygen atoms in total. The summed E-state index contributed by atoms with van der Waals surface area (Å²) in [6.45, 7) is 9.41. The van der Waals surface area contributed by atoms with Crippen molar-refractivity contribution in [2.75, 3.05) is 23.9 Å². The van der Waals surface area contributed by atoms with E-state index in [-0.39, 0.29) is 11.8 Å². The molecule has 1 saturated heterocycles. The number of para-hydroxylation sites is 1. The standard InChI is InChI=1S/C18H15ClN2O2.C6H16OSi/c19-12-4-3-5-13(10-12)21-11-18(9-8-16(21)22)14-6-1-2-7-15(14)20-17(18)23;1-6(7-2)8(3,4)5/h1-7,10H,8-9,11H2,(H,20,23);6H,1-5H3. The monoisotopic (exact) mass is 458 g/mol. The quantitative estimate of drug-likeness (QED) is 0.638. The summed E-state index contributed by atoms with van der Waals surface area (Å²) in [4.78, 5) is 26.8. The van der Waals surface area contributed by atoms with Crippen LogP contribution in [0.3, 0.4) is 0 Å². The van der Waals surface area contributed by atoms with E-state index in [1.807, 2.05) is 36.4 Å². The molecule has 1 spiro atoms. The first-order chi connectivity index (χ1) is 14.6. The van der Waals surface area contributed by atoms with Gasteiger partial charge in [-0.05, 0) is 43.2 Å². The molecule has 2 aliphatic heterocycles. The lowest BCUT2D eigenvalue weighted by Gasteiger charge is -2.38. The number of halogens is 1. The minimum Gasteiger partial charge on any atom is -0.385 e. The lowest BCUT2D eigenvalue weighted by molar-refractivity contribution is -0.125. The maximum absolute atomic E-state index is 12.7. The van der Waals surface area contributed by atoms with Gasteiger partial charge < -0.3 is 15.0 Å². The molecule has 2 atom stereocenters. The van der Waals surface area contributed by atoms with Crippen LogP contribution < -0.4 is 10.2 Å². The Morgan fingerprint density at radius 2 is 1.84 bits per heavy atom. The van der Waals surface area contributed by atoms with Crippen molar-refractivity contribution in [3.8, 4) is 0 Å². The van der Waals surface area contributed by atoms with E-state index in [9.17, 15) is 9.59 Å². The highest BCUT2D eigenvalue weighted by atomic mass is 35.5. The number of carbonyl (C=O) groups is 2. The van der Waals surface area contributed by atoms with E-state index in [4.69, 9.17) is 16.3 Å². The minimum absolute atomic E-state index is 0.0232. The molecule has 1 fully saturated rings. The Bertz CT molecular complexity index is 975. The number of fused-ring (bicyclic) bond motifs is 2. The van der Waals surface area contributed by atoms with Gasteiger partial charge in [-0.1, -0.05) is 55.5 Å². The molecule has 166 valence electrons. The number of nitrogens with one attached hydrogen (secondary N) is 1. The molecule has 2 unspecified atom stereocenters. The largest absolute Gasteiger partial charge is 0.385 e. The second-order valence-electron chi connectivity index (χ2n) is 9.29. The number of benzene rings is 2. The van der Waals surface area contributed by atoms with E-state index in [2.05, 4.69) is 31.9 Å². The lowest BCUT2D eigenvalue weighted by Crippen LogP contribution is -2.52. The molecule has 0 aliphatic carbocycles. The Morgan fingerprint density at radius 1 is 1.13 bits per heavy atom. The average molecular weight is 459 g/mol. The lowest BCUT2D eigenvalue weighted by atomic mass is 9.74. The van der Waals surface area contributed by atoms with Crippen LogP contribution in [-0.2, 0) is 19.7 Å². The van der Waals surface area contributed by atoms with Crippen LogP contribution in [-0.4, -0.2) is 39.3 Å². The topological polar surface area (TPSA) is 58.6 Å². The highest BCUT2D eigenvalue weighted by Crippen LogP contribution is 2.44. The Kier molecular flexibility index (Phi) is 6.94. The van der Waals surface area contributed by atoms with Gasteiger partial charge in [-0.2, -0.15) is 0 Å². The smallest absolute Gasteiger partial charge is 0.236 e. The van der Waals surface area contributed by atoms with Gasteiger partial charge >= 0.3 is 0 Å². The zero-order valence-electron chi connectivity index (χ0n) is 18.9. The molecule has 2 aromatic carbocycles. The van der Waals surface area contributed by atoms with Gasteiger partial charge in [-0.25, -0.2) is 0 Å². The number of ether oxygens (including phenoxy) is 1. The van der Waals surface area contributed by atoms with Crippen molar-refractivity contribution < 1.29 is 14.3 Å². The molecule has 1 N–H and O–H groups in total. The summed E-state index contributed by atoms with van der Waals surface area (Å²) in [7, 11) is 0.798. The van der Waals surface area contributed by atoms with Gasteiger partial charge in [0.15, 0.2) is 0 Å². The molecular formula is C24H31ClN2O3Si. The van der Waals surface area contributed by atoms with Crippen molar-refractivity contribution in [2.45, 2.75) is 50.5 Å². The Hall–Kier alpha value is -2.15. The van der Waals surface area contributed by atoms with Crippen molar-refractivity contribution >= 4 is 42.9 Å². The number of carbonyl (C=O) groups excluding carboxylic acids is 2. The summed E-state index contributed by atoms with van der Waals surface area (Å²) in [6, 6.07) is 14.9. The molecule has 2 aliphatic rings. The second kappa shape index (κ2) is 9.15. The number of methoxy groups -OCH3 is 1. The molecule has 0 aromatic heterocycles. The zero-order chi connectivity index (χ0) is 22.8. The summed E-state index contributed by atoms with van der Waals surface area (Å²) in [6.07, 6.45) is 0.875. The normalized spacial score (nSPS) is 21.3.